The molecular weight excluding hydrogens is 482 g/mol. The molecule has 9 N–H and O–H groups in total. The van der Waals surface area contributed by atoms with E-state index in [2.05, 4.69) is 27.9 Å². The first kappa shape index (κ1) is 26.5. The monoisotopic (exact) mass is 518 g/mol. The van der Waals surface area contributed by atoms with E-state index in [1.54, 1.807) is 24.3 Å². The highest BCUT2D eigenvalue weighted by molar-refractivity contribution is 5.89. The number of nitrogens with two attached hydrogens (primary N) is 2. The Labute approximate surface area is 214 Å². The van der Waals surface area contributed by atoms with Crippen molar-refractivity contribution in [3.05, 3.63) is 35.4 Å². The standard InChI is InChI=1S/C24H35N7O6/c1-3-4-5-6-11-27-22(33)36-13-16-18-23(30-20(25)29-18)24(34,35)17(12-31(23)21(26)28-16)37-19(32)15-9-7-14(2)8-10-15/h7-10,16-18,34-35H,3-6,11-13H2,1-2H3,(H6,25,26,27,28,29,30,33)/p+1/t16-,17-,18?,23?/m0/s1. The number of amides is 1. The maximum atomic E-state index is 12.8. The van der Waals surface area contributed by atoms with Crippen LogP contribution in [0.2, 0.25) is 0 Å². The number of carbonyl (C=O) groups excluding carboxylic acids is 2. The third kappa shape index (κ3) is 4.88. The van der Waals surface area contributed by atoms with Gasteiger partial charge in [0, 0.05) is 6.54 Å². The highest BCUT2D eigenvalue weighted by atomic mass is 16.6. The summed E-state index contributed by atoms with van der Waals surface area (Å²) >= 11 is 0. The van der Waals surface area contributed by atoms with Gasteiger partial charge < -0.3 is 36.1 Å². The molecule has 0 bridgehead atoms. The fraction of sp³-hybridized carbons (Fsp3) is 0.583. The summed E-state index contributed by atoms with van der Waals surface area (Å²) in [6, 6.07) is 5.00. The van der Waals surface area contributed by atoms with Crippen LogP contribution in [-0.4, -0.2) is 88.1 Å². The molecule has 1 amide bonds. The van der Waals surface area contributed by atoms with Crippen LogP contribution in [-0.2, 0) is 9.47 Å². The number of carbonyl (C=O) groups is 2. The Kier molecular flexibility index (Phi) is 7.46. The number of hydrogen-bond donors (Lipinski definition) is 7. The van der Waals surface area contributed by atoms with Crippen molar-refractivity contribution < 1.29 is 33.9 Å². The smallest absolute Gasteiger partial charge is 0.407 e. The topological polar surface area (TPSA) is 197 Å². The molecule has 3 aliphatic heterocycles. The van der Waals surface area contributed by atoms with Crippen LogP contribution < -0.4 is 27.4 Å². The number of aryl methyl sites for hydroxylation is 1. The van der Waals surface area contributed by atoms with Crippen LogP contribution >= 0.6 is 0 Å². The Morgan fingerprint density at radius 3 is 2.65 bits per heavy atom. The van der Waals surface area contributed by atoms with Gasteiger partial charge in [0.15, 0.2) is 18.1 Å². The van der Waals surface area contributed by atoms with Crippen LogP contribution in [0.4, 0.5) is 4.79 Å². The van der Waals surface area contributed by atoms with Crippen molar-refractivity contribution in [1.29, 1.82) is 0 Å². The Bertz CT molecular complexity index is 1090. The van der Waals surface area contributed by atoms with E-state index in [0.29, 0.717) is 6.54 Å². The quantitative estimate of drug-likeness (QED) is 0.0903. The molecule has 1 aromatic carbocycles. The molecule has 0 radical (unpaired) electrons. The van der Waals surface area contributed by atoms with Gasteiger partial charge in [-0.2, -0.15) is 0 Å². The molecular formula is C24H36N7O6+. The van der Waals surface area contributed by atoms with Crippen molar-refractivity contribution in [1.82, 2.24) is 16.0 Å². The van der Waals surface area contributed by atoms with E-state index in [4.69, 9.17) is 20.9 Å². The number of rotatable bonds is 9. The lowest BCUT2D eigenvalue weighted by Gasteiger charge is -2.43. The van der Waals surface area contributed by atoms with E-state index in [1.807, 2.05) is 6.92 Å². The Morgan fingerprint density at radius 1 is 1.22 bits per heavy atom. The van der Waals surface area contributed by atoms with Crippen molar-refractivity contribution >= 4 is 24.0 Å². The van der Waals surface area contributed by atoms with E-state index < -0.39 is 41.7 Å². The van der Waals surface area contributed by atoms with Gasteiger partial charge in [0.05, 0.1) is 5.56 Å². The molecule has 13 nitrogen and oxygen atoms in total. The highest BCUT2D eigenvalue weighted by Gasteiger charge is 2.76. The molecule has 3 aliphatic rings. The van der Waals surface area contributed by atoms with E-state index >= 15 is 0 Å². The molecule has 1 fully saturated rings. The van der Waals surface area contributed by atoms with E-state index in [-0.39, 0.29) is 30.6 Å². The van der Waals surface area contributed by atoms with Crippen LogP contribution in [0.15, 0.2) is 29.3 Å². The summed E-state index contributed by atoms with van der Waals surface area (Å²) in [5.74, 6) is -3.38. The van der Waals surface area contributed by atoms with E-state index in [9.17, 15) is 19.8 Å². The van der Waals surface area contributed by atoms with Crippen LogP contribution in [0.1, 0.15) is 48.5 Å². The molecule has 37 heavy (non-hydrogen) atoms. The average Bonchev–Trinajstić information content (AvgIpc) is 3.32. The number of benzene rings is 1. The number of unbranched alkanes of at least 4 members (excludes halogenated alkanes) is 3. The van der Waals surface area contributed by atoms with E-state index in [0.717, 1.165) is 31.2 Å². The second kappa shape index (κ2) is 10.4. The number of alkyl carbamates (subject to hydrolysis) is 1. The lowest BCUT2D eigenvalue weighted by molar-refractivity contribution is -0.623. The van der Waals surface area contributed by atoms with Gasteiger partial charge in [-0.05, 0) is 25.5 Å². The Morgan fingerprint density at radius 2 is 1.95 bits per heavy atom. The second-order valence-electron chi connectivity index (χ2n) is 9.67. The first-order valence-corrected chi connectivity index (χ1v) is 12.5. The minimum atomic E-state index is -2.66. The molecule has 0 aromatic heterocycles. The molecule has 1 saturated heterocycles. The molecule has 13 heteroatoms. The Hall–Kier alpha value is -3.58. The first-order chi connectivity index (χ1) is 17.6. The summed E-state index contributed by atoms with van der Waals surface area (Å²) < 4.78 is 12.3. The van der Waals surface area contributed by atoms with Gasteiger partial charge in [0.25, 0.3) is 5.79 Å². The van der Waals surface area contributed by atoms with Crippen LogP contribution in [0.3, 0.4) is 0 Å². The number of hydrogen-bond acceptors (Lipinski definition) is 11. The molecule has 2 unspecified atom stereocenters. The fourth-order valence-corrected chi connectivity index (χ4v) is 5.08. The second-order valence-corrected chi connectivity index (χ2v) is 9.67. The van der Waals surface area contributed by atoms with Gasteiger partial charge in [0.2, 0.25) is 5.66 Å². The number of nitrogens with one attached hydrogen (secondary N) is 3. The van der Waals surface area contributed by atoms with Crippen molar-refractivity contribution in [2.24, 2.45) is 16.5 Å². The van der Waals surface area contributed by atoms with Gasteiger partial charge in [-0.3, -0.25) is 11.1 Å². The largest absolute Gasteiger partial charge is 0.449 e. The van der Waals surface area contributed by atoms with Crippen molar-refractivity contribution in [2.75, 3.05) is 19.7 Å². The van der Waals surface area contributed by atoms with E-state index in [1.165, 1.54) is 4.58 Å². The minimum absolute atomic E-state index is 0.0589. The SMILES string of the molecule is CCCCCCNC(=O)OC[C@@H]1NC(N)=[N+]2C[C@H](OC(=O)c3ccc(C)cc3)C(O)(O)C23NC(N)=NC13. The molecule has 0 aliphatic carbocycles. The molecule has 4 atom stereocenters. The number of esters is 1. The first-order valence-electron chi connectivity index (χ1n) is 12.5. The molecule has 1 aromatic rings. The molecule has 202 valence electrons. The fourth-order valence-electron chi connectivity index (χ4n) is 5.08. The number of nitrogens with zero attached hydrogens (tertiary/aromatic N) is 2. The van der Waals surface area contributed by atoms with Crippen LogP contribution in [0.5, 0.6) is 0 Å². The van der Waals surface area contributed by atoms with Crippen LogP contribution in [0.25, 0.3) is 0 Å². The van der Waals surface area contributed by atoms with Crippen molar-refractivity contribution in [3.63, 3.8) is 0 Å². The number of ether oxygens (including phenoxy) is 2. The molecule has 1 spiro atoms. The maximum absolute atomic E-state index is 12.8. The predicted octanol–water partition coefficient (Wildman–Crippen LogP) is -1.20. The normalized spacial score (nSPS) is 27.4. The summed E-state index contributed by atoms with van der Waals surface area (Å²) in [7, 11) is 0. The summed E-state index contributed by atoms with van der Waals surface area (Å²) in [5.41, 5.74) is 11.7. The summed E-state index contributed by atoms with van der Waals surface area (Å²) in [5, 5.41) is 31.3. The van der Waals surface area contributed by atoms with Gasteiger partial charge in [-0.1, -0.05) is 43.9 Å². The highest BCUT2D eigenvalue weighted by Crippen LogP contribution is 2.42. The van der Waals surface area contributed by atoms with Crippen LogP contribution in [0, 0.1) is 6.92 Å². The number of aliphatic hydroxyl groups is 2. The summed E-state index contributed by atoms with van der Waals surface area (Å²) in [6.07, 6.45) is 2.04. The number of guanidine groups is 2. The average molecular weight is 519 g/mol. The molecule has 0 saturated carbocycles. The zero-order chi connectivity index (χ0) is 26.8. The van der Waals surface area contributed by atoms with Gasteiger partial charge >= 0.3 is 18.0 Å². The lowest BCUT2D eigenvalue weighted by Crippen LogP contribution is -2.78. The summed E-state index contributed by atoms with van der Waals surface area (Å²) in [4.78, 5) is 29.3. The third-order valence-electron chi connectivity index (χ3n) is 7.04. The zero-order valence-electron chi connectivity index (χ0n) is 21.1. The van der Waals surface area contributed by atoms with Crippen molar-refractivity contribution in [2.45, 2.75) is 69.2 Å². The lowest BCUT2D eigenvalue weighted by atomic mass is 9.86. The zero-order valence-corrected chi connectivity index (χ0v) is 21.1. The van der Waals surface area contributed by atoms with Gasteiger partial charge in [-0.25, -0.2) is 19.2 Å². The molecule has 4 rings (SSSR count). The predicted molar refractivity (Wildman–Crippen MR) is 134 cm³/mol. The van der Waals surface area contributed by atoms with Crippen molar-refractivity contribution in [3.8, 4) is 0 Å². The number of aliphatic imine (C=N–C) groups is 1. The summed E-state index contributed by atoms with van der Waals surface area (Å²) in [6.45, 7) is 4.15. The maximum Gasteiger partial charge on any atom is 0.407 e. The van der Waals surface area contributed by atoms with Gasteiger partial charge in [-0.15, -0.1) is 0 Å². The minimum Gasteiger partial charge on any atom is -0.449 e. The Balaban J connectivity index is 1.48. The third-order valence-corrected chi connectivity index (χ3v) is 7.04. The molecule has 3 heterocycles. The van der Waals surface area contributed by atoms with Gasteiger partial charge in [0.1, 0.15) is 19.2 Å².